The molecule has 1 saturated heterocycles. The molecule has 1 aliphatic heterocycles. The summed E-state index contributed by atoms with van der Waals surface area (Å²) in [5, 5.41) is 20.4. The maximum Gasteiger partial charge on any atom is 0.217 e. The summed E-state index contributed by atoms with van der Waals surface area (Å²) in [4.78, 5) is 10.6. The first-order chi connectivity index (χ1) is 6.02. The molecule has 6 heteroatoms. The quantitative estimate of drug-likeness (QED) is 0.475. The van der Waals surface area contributed by atoms with Crippen LogP contribution in [0, 0.1) is 0 Å². The fourth-order valence-corrected chi connectivity index (χ4v) is 1.17. The summed E-state index contributed by atoms with van der Waals surface area (Å²) in [5.41, 5.74) is 0. The molecule has 5 nitrogen and oxygen atoms in total. The second-order valence-electron chi connectivity index (χ2n) is 2.97. The van der Waals surface area contributed by atoms with E-state index < -0.39 is 24.6 Å². The van der Waals surface area contributed by atoms with E-state index in [0.717, 1.165) is 0 Å². The number of halogens is 1. The van der Waals surface area contributed by atoms with Crippen molar-refractivity contribution in [3.05, 3.63) is 0 Å². The molecule has 3 N–H and O–H groups in total. The van der Waals surface area contributed by atoms with E-state index >= 15 is 0 Å². The molecule has 0 spiro atoms. The van der Waals surface area contributed by atoms with Crippen LogP contribution in [0.25, 0.3) is 0 Å². The molecule has 1 fully saturated rings. The Morgan fingerprint density at radius 1 is 1.62 bits per heavy atom. The molecular formula is C7H12FNO4. The zero-order valence-corrected chi connectivity index (χ0v) is 7.11. The molecule has 0 saturated carbocycles. The Morgan fingerprint density at radius 2 is 2.23 bits per heavy atom. The summed E-state index contributed by atoms with van der Waals surface area (Å²) in [6.45, 7) is 1.16. The van der Waals surface area contributed by atoms with Crippen LogP contribution in [-0.2, 0) is 9.53 Å². The van der Waals surface area contributed by atoms with Crippen molar-refractivity contribution < 1.29 is 24.1 Å². The average molecular weight is 193 g/mol. The van der Waals surface area contributed by atoms with Crippen molar-refractivity contribution in [1.82, 2.24) is 5.32 Å². The van der Waals surface area contributed by atoms with E-state index in [0.29, 0.717) is 0 Å². The maximum absolute atomic E-state index is 12.9. The van der Waals surface area contributed by atoms with Crippen molar-refractivity contribution in [1.29, 1.82) is 0 Å². The molecule has 0 aromatic rings. The monoisotopic (exact) mass is 193 g/mol. The second-order valence-corrected chi connectivity index (χ2v) is 2.97. The van der Waals surface area contributed by atoms with E-state index in [2.05, 4.69) is 10.1 Å². The van der Waals surface area contributed by atoms with Crippen molar-refractivity contribution >= 4 is 5.91 Å². The van der Waals surface area contributed by atoms with Gasteiger partial charge in [-0.1, -0.05) is 0 Å². The number of carbonyl (C=O) groups is 1. The van der Waals surface area contributed by atoms with E-state index in [1.54, 1.807) is 0 Å². The number of ether oxygens (including phenoxy) is 1. The Labute approximate surface area is 74.5 Å². The van der Waals surface area contributed by atoms with Crippen LogP contribution in [0.3, 0.4) is 0 Å². The van der Waals surface area contributed by atoms with Gasteiger partial charge in [0.2, 0.25) is 5.91 Å². The molecule has 0 radical (unpaired) electrons. The minimum absolute atomic E-state index is 0.0949. The van der Waals surface area contributed by atoms with Gasteiger partial charge < -0.3 is 20.3 Å². The molecular weight excluding hydrogens is 181 g/mol. The third-order valence-electron chi connectivity index (χ3n) is 1.85. The van der Waals surface area contributed by atoms with E-state index in [1.165, 1.54) is 6.92 Å². The number of aliphatic hydroxyl groups excluding tert-OH is 2. The largest absolute Gasteiger partial charge is 0.388 e. The minimum Gasteiger partial charge on any atom is -0.388 e. The number of carbonyl (C=O) groups excluding carboxylic acids is 1. The van der Waals surface area contributed by atoms with Gasteiger partial charge in [-0.2, -0.15) is 0 Å². The summed E-state index contributed by atoms with van der Waals surface area (Å²) < 4.78 is 17.5. The predicted octanol–water partition coefficient (Wildman–Crippen LogP) is -1.46. The molecule has 0 aromatic carbocycles. The first kappa shape index (κ1) is 10.4. The van der Waals surface area contributed by atoms with Gasteiger partial charge in [0.25, 0.3) is 0 Å². The molecule has 4 unspecified atom stereocenters. The lowest BCUT2D eigenvalue weighted by molar-refractivity contribution is -0.208. The van der Waals surface area contributed by atoms with Gasteiger partial charge in [0.15, 0.2) is 12.5 Å². The summed E-state index contributed by atoms with van der Waals surface area (Å²) in [5.74, 6) is -0.378. The number of nitrogens with one attached hydrogen (secondary N) is 1. The molecule has 0 aromatic heterocycles. The highest BCUT2D eigenvalue weighted by Gasteiger charge is 2.39. The van der Waals surface area contributed by atoms with Crippen molar-refractivity contribution in [2.45, 2.75) is 31.5 Å². The Kier molecular flexibility index (Phi) is 3.18. The van der Waals surface area contributed by atoms with Crippen molar-refractivity contribution in [3.8, 4) is 0 Å². The van der Waals surface area contributed by atoms with Crippen molar-refractivity contribution in [2.75, 3.05) is 6.61 Å². The SMILES string of the molecule is CC(=O)NC1COC(O)C(F)C1O. The van der Waals surface area contributed by atoms with Gasteiger partial charge in [0, 0.05) is 6.92 Å². The van der Waals surface area contributed by atoms with Crippen LogP contribution in [0.1, 0.15) is 6.92 Å². The van der Waals surface area contributed by atoms with Gasteiger partial charge in [-0.05, 0) is 0 Å². The number of amides is 1. The van der Waals surface area contributed by atoms with Crippen LogP contribution in [-0.4, -0.2) is 47.3 Å². The third-order valence-corrected chi connectivity index (χ3v) is 1.85. The molecule has 13 heavy (non-hydrogen) atoms. The lowest BCUT2D eigenvalue weighted by atomic mass is 10.0. The van der Waals surface area contributed by atoms with Gasteiger partial charge in [-0.3, -0.25) is 4.79 Å². The number of hydrogen-bond acceptors (Lipinski definition) is 4. The van der Waals surface area contributed by atoms with Gasteiger partial charge in [0.05, 0.1) is 12.6 Å². The van der Waals surface area contributed by atoms with Gasteiger partial charge in [-0.25, -0.2) is 4.39 Å². The number of hydrogen-bond donors (Lipinski definition) is 3. The normalized spacial score (nSPS) is 40.0. The molecule has 1 rings (SSSR count). The molecule has 76 valence electrons. The van der Waals surface area contributed by atoms with Crippen LogP contribution in [0.2, 0.25) is 0 Å². The van der Waals surface area contributed by atoms with E-state index in [-0.39, 0.29) is 12.5 Å². The summed E-state index contributed by atoms with van der Waals surface area (Å²) in [6, 6.07) is -0.795. The Hall–Kier alpha value is -0.720. The topological polar surface area (TPSA) is 78.8 Å². The van der Waals surface area contributed by atoms with Crippen molar-refractivity contribution in [3.63, 3.8) is 0 Å². The molecule has 1 amide bonds. The standard InChI is InChI=1S/C7H12FNO4/c1-3(10)9-4-2-13-7(12)5(8)6(4)11/h4-7,11-12H,2H2,1H3,(H,9,10). The average Bonchev–Trinajstić information content (AvgIpc) is 2.06. The van der Waals surface area contributed by atoms with Gasteiger partial charge in [0.1, 0.15) is 6.10 Å². The first-order valence-electron chi connectivity index (χ1n) is 3.91. The molecule has 0 aliphatic carbocycles. The predicted molar refractivity (Wildman–Crippen MR) is 40.5 cm³/mol. The zero-order valence-electron chi connectivity index (χ0n) is 7.11. The molecule has 0 bridgehead atoms. The third kappa shape index (κ3) is 2.36. The zero-order chi connectivity index (χ0) is 10.0. The Balaban J connectivity index is 2.53. The minimum atomic E-state index is -1.88. The number of aliphatic hydroxyl groups is 2. The van der Waals surface area contributed by atoms with Crippen LogP contribution >= 0.6 is 0 Å². The summed E-state index contributed by atoms with van der Waals surface area (Å²) in [6.07, 6.45) is -4.92. The first-order valence-corrected chi connectivity index (χ1v) is 3.91. The van der Waals surface area contributed by atoms with E-state index in [1.807, 2.05) is 0 Å². The van der Waals surface area contributed by atoms with Gasteiger partial charge >= 0.3 is 0 Å². The Morgan fingerprint density at radius 3 is 2.77 bits per heavy atom. The second kappa shape index (κ2) is 3.99. The van der Waals surface area contributed by atoms with Crippen LogP contribution in [0.15, 0.2) is 0 Å². The fraction of sp³-hybridized carbons (Fsp3) is 0.857. The van der Waals surface area contributed by atoms with Crippen LogP contribution in [0.4, 0.5) is 4.39 Å². The molecule has 1 aliphatic rings. The highest BCUT2D eigenvalue weighted by atomic mass is 19.1. The highest BCUT2D eigenvalue weighted by molar-refractivity contribution is 5.73. The molecule has 1 heterocycles. The molecule has 4 atom stereocenters. The van der Waals surface area contributed by atoms with Crippen molar-refractivity contribution in [2.24, 2.45) is 0 Å². The van der Waals surface area contributed by atoms with E-state index in [4.69, 9.17) is 5.11 Å². The maximum atomic E-state index is 12.9. The fourth-order valence-electron chi connectivity index (χ4n) is 1.17. The van der Waals surface area contributed by atoms with E-state index in [9.17, 15) is 14.3 Å². The highest BCUT2D eigenvalue weighted by Crippen LogP contribution is 2.16. The lowest BCUT2D eigenvalue weighted by Gasteiger charge is -2.33. The lowest BCUT2D eigenvalue weighted by Crippen LogP contribution is -2.57. The summed E-state index contributed by atoms with van der Waals surface area (Å²) >= 11 is 0. The number of rotatable bonds is 1. The van der Waals surface area contributed by atoms with Crippen LogP contribution < -0.4 is 5.32 Å². The Bertz CT molecular complexity index is 201. The summed E-state index contributed by atoms with van der Waals surface area (Å²) in [7, 11) is 0. The smallest absolute Gasteiger partial charge is 0.217 e. The number of alkyl halides is 1. The van der Waals surface area contributed by atoms with Crippen LogP contribution in [0.5, 0.6) is 0 Å². The van der Waals surface area contributed by atoms with Gasteiger partial charge in [-0.15, -0.1) is 0 Å².